The number of nitrogens with zero attached hydrogens (tertiary/aromatic N) is 1. The van der Waals surface area contributed by atoms with Crippen molar-refractivity contribution in [2.24, 2.45) is 17.3 Å². The topological polar surface area (TPSA) is 51.1 Å². The molecule has 4 nitrogen and oxygen atoms in total. The number of alkyl halides is 1. The predicted octanol–water partition coefficient (Wildman–Crippen LogP) is 5.30. The number of carbonyl (C=O) groups is 1. The van der Waals surface area contributed by atoms with Gasteiger partial charge in [-0.15, -0.1) is 0 Å². The van der Waals surface area contributed by atoms with Crippen LogP contribution >= 0.6 is 0 Å². The van der Waals surface area contributed by atoms with E-state index in [0.717, 1.165) is 30.2 Å². The van der Waals surface area contributed by atoms with Crippen LogP contribution in [0.3, 0.4) is 0 Å². The number of fused-ring (bicyclic) bond motifs is 1. The normalized spacial score (nSPS) is 30.5. The summed E-state index contributed by atoms with van der Waals surface area (Å²) in [5, 5.41) is 4.41. The van der Waals surface area contributed by atoms with Crippen LogP contribution in [0.1, 0.15) is 44.1 Å². The lowest BCUT2D eigenvalue weighted by molar-refractivity contribution is -0.155. The quantitative estimate of drug-likeness (QED) is 0.611. The Hall–Kier alpha value is -2.95. The highest BCUT2D eigenvalue weighted by atomic mass is 19.1. The molecule has 7 rings (SSSR count). The van der Waals surface area contributed by atoms with E-state index >= 15 is 4.39 Å². The maximum atomic E-state index is 15.3. The molecule has 1 amide bonds. The van der Waals surface area contributed by atoms with Crippen LogP contribution in [0.15, 0.2) is 65.6 Å². The third kappa shape index (κ3) is 3.17. The molecule has 2 aromatic carbocycles. The van der Waals surface area contributed by atoms with Crippen LogP contribution in [0.4, 0.5) is 10.1 Å². The summed E-state index contributed by atoms with van der Waals surface area (Å²) in [5.74, 6) is 0.573. The van der Waals surface area contributed by atoms with Gasteiger partial charge in [-0.25, -0.2) is 4.39 Å². The van der Waals surface area contributed by atoms with E-state index in [9.17, 15) is 9.59 Å². The SMILES string of the molecule is O=C(Nc1cccc2c(=O)n(Cc3ccccc3)ccc12)C12CC3CC(CC(F)(C3)C1)C2. The molecule has 32 heavy (non-hydrogen) atoms. The van der Waals surface area contributed by atoms with Crippen molar-refractivity contribution in [2.75, 3.05) is 5.32 Å². The van der Waals surface area contributed by atoms with Crippen molar-refractivity contribution >= 4 is 22.4 Å². The Morgan fingerprint density at radius 2 is 1.72 bits per heavy atom. The third-order valence-electron chi connectivity index (χ3n) is 7.93. The monoisotopic (exact) mass is 430 g/mol. The Labute approximate surface area is 186 Å². The molecule has 0 spiro atoms. The van der Waals surface area contributed by atoms with Crippen molar-refractivity contribution in [1.29, 1.82) is 0 Å². The second-order valence-corrected chi connectivity index (χ2v) is 10.3. The second-order valence-electron chi connectivity index (χ2n) is 10.3. The van der Waals surface area contributed by atoms with Gasteiger partial charge in [0.15, 0.2) is 0 Å². The predicted molar refractivity (Wildman–Crippen MR) is 123 cm³/mol. The van der Waals surface area contributed by atoms with Crippen LogP contribution < -0.4 is 10.9 Å². The number of amides is 1. The fourth-order valence-electron chi connectivity index (χ4n) is 7.00. The minimum Gasteiger partial charge on any atom is -0.325 e. The zero-order valence-electron chi connectivity index (χ0n) is 18.0. The average molecular weight is 431 g/mol. The van der Waals surface area contributed by atoms with Crippen molar-refractivity contribution in [1.82, 2.24) is 4.57 Å². The van der Waals surface area contributed by atoms with Gasteiger partial charge < -0.3 is 9.88 Å². The van der Waals surface area contributed by atoms with Crippen LogP contribution in [-0.4, -0.2) is 16.1 Å². The van der Waals surface area contributed by atoms with Crippen LogP contribution in [-0.2, 0) is 11.3 Å². The first-order valence-corrected chi connectivity index (χ1v) is 11.6. The molecule has 2 unspecified atom stereocenters. The van der Waals surface area contributed by atoms with Crippen LogP contribution in [0.5, 0.6) is 0 Å². The molecule has 0 saturated heterocycles. The molecule has 4 fully saturated rings. The van der Waals surface area contributed by atoms with E-state index in [1.165, 1.54) is 0 Å². The Kier molecular flexibility index (Phi) is 4.33. The van der Waals surface area contributed by atoms with Crippen molar-refractivity contribution in [3.63, 3.8) is 0 Å². The fraction of sp³-hybridized carbons (Fsp3) is 0.407. The molecule has 5 heteroatoms. The van der Waals surface area contributed by atoms with E-state index in [-0.39, 0.29) is 11.5 Å². The Morgan fingerprint density at radius 3 is 2.44 bits per heavy atom. The van der Waals surface area contributed by atoms with E-state index in [1.807, 2.05) is 48.5 Å². The summed E-state index contributed by atoms with van der Waals surface area (Å²) in [4.78, 5) is 26.6. The molecular weight excluding hydrogens is 403 g/mol. The molecule has 0 radical (unpaired) electrons. The Balaban J connectivity index is 1.31. The Bertz CT molecular complexity index is 1250. The Morgan fingerprint density at radius 1 is 0.969 bits per heavy atom. The van der Waals surface area contributed by atoms with E-state index < -0.39 is 11.1 Å². The molecule has 4 aliphatic carbocycles. The number of hydrogen-bond donors (Lipinski definition) is 1. The van der Waals surface area contributed by atoms with Gasteiger partial charge in [0, 0.05) is 22.7 Å². The number of nitrogens with one attached hydrogen (secondary N) is 1. The summed E-state index contributed by atoms with van der Waals surface area (Å²) in [6.07, 6.45) is 6.00. The molecule has 4 aliphatic rings. The first-order valence-electron chi connectivity index (χ1n) is 11.6. The summed E-state index contributed by atoms with van der Waals surface area (Å²) in [6, 6.07) is 17.2. The zero-order chi connectivity index (χ0) is 21.9. The highest BCUT2D eigenvalue weighted by Crippen LogP contribution is 2.63. The van der Waals surface area contributed by atoms with E-state index in [0.29, 0.717) is 48.7 Å². The molecule has 4 saturated carbocycles. The lowest BCUT2D eigenvalue weighted by Gasteiger charge is -2.58. The summed E-state index contributed by atoms with van der Waals surface area (Å²) >= 11 is 0. The van der Waals surface area contributed by atoms with Crippen molar-refractivity contribution in [2.45, 2.75) is 50.7 Å². The number of anilines is 1. The fourth-order valence-corrected chi connectivity index (χ4v) is 7.00. The molecule has 3 aromatic rings. The number of halogens is 1. The minimum atomic E-state index is -1.18. The first kappa shape index (κ1) is 19.7. The molecule has 1 heterocycles. The number of benzene rings is 2. The molecule has 0 aliphatic heterocycles. The molecule has 164 valence electrons. The summed E-state index contributed by atoms with van der Waals surface area (Å²) in [5.41, 5.74) is -0.172. The van der Waals surface area contributed by atoms with Gasteiger partial charge in [0.05, 0.1) is 12.0 Å². The van der Waals surface area contributed by atoms with E-state index in [1.54, 1.807) is 16.8 Å². The maximum Gasteiger partial charge on any atom is 0.258 e. The van der Waals surface area contributed by atoms with Crippen LogP contribution in [0, 0.1) is 17.3 Å². The highest BCUT2D eigenvalue weighted by Gasteiger charge is 2.61. The summed E-state index contributed by atoms with van der Waals surface area (Å²) < 4.78 is 17.0. The smallest absolute Gasteiger partial charge is 0.258 e. The molecule has 4 bridgehead atoms. The molecular formula is C27H27FN2O2. The third-order valence-corrected chi connectivity index (χ3v) is 7.93. The molecule has 1 N–H and O–H groups in total. The summed E-state index contributed by atoms with van der Waals surface area (Å²) in [6.45, 7) is 0.497. The van der Waals surface area contributed by atoms with Gasteiger partial charge >= 0.3 is 0 Å². The van der Waals surface area contributed by atoms with Gasteiger partial charge in [-0.05, 0) is 74.1 Å². The van der Waals surface area contributed by atoms with Crippen molar-refractivity contribution in [3.05, 3.63) is 76.7 Å². The number of hydrogen-bond acceptors (Lipinski definition) is 2. The standard InChI is InChI=1S/C27H27FN2O2/c28-27-14-19-11-20(15-27)13-26(12-19,17-27)25(32)29-23-8-4-7-22-21(23)9-10-30(24(22)31)16-18-5-2-1-3-6-18/h1-10,19-20H,11-17H2,(H,29,32). The largest absolute Gasteiger partial charge is 0.325 e. The van der Waals surface area contributed by atoms with Gasteiger partial charge in [0.1, 0.15) is 5.67 Å². The van der Waals surface area contributed by atoms with Gasteiger partial charge in [0.2, 0.25) is 5.91 Å². The highest BCUT2D eigenvalue weighted by molar-refractivity contribution is 6.04. The lowest BCUT2D eigenvalue weighted by Crippen LogP contribution is -2.57. The number of pyridine rings is 1. The van der Waals surface area contributed by atoms with Gasteiger partial charge in [-0.2, -0.15) is 0 Å². The molecule has 2 atom stereocenters. The minimum absolute atomic E-state index is 0.0745. The average Bonchev–Trinajstić information content (AvgIpc) is 2.75. The number of rotatable bonds is 4. The number of aromatic nitrogens is 1. The number of carbonyl (C=O) groups excluding carboxylic acids is 1. The lowest BCUT2D eigenvalue weighted by atomic mass is 9.48. The van der Waals surface area contributed by atoms with Gasteiger partial charge in [-0.3, -0.25) is 9.59 Å². The van der Waals surface area contributed by atoms with Crippen LogP contribution in [0.25, 0.3) is 10.8 Å². The first-order chi connectivity index (χ1) is 15.4. The summed E-state index contributed by atoms with van der Waals surface area (Å²) in [7, 11) is 0. The second kappa shape index (κ2) is 7.03. The van der Waals surface area contributed by atoms with Crippen molar-refractivity contribution < 1.29 is 9.18 Å². The van der Waals surface area contributed by atoms with Crippen LogP contribution in [0.2, 0.25) is 0 Å². The maximum absolute atomic E-state index is 15.3. The molecule has 1 aromatic heterocycles. The van der Waals surface area contributed by atoms with E-state index in [2.05, 4.69) is 5.32 Å². The van der Waals surface area contributed by atoms with Crippen molar-refractivity contribution in [3.8, 4) is 0 Å². The van der Waals surface area contributed by atoms with E-state index in [4.69, 9.17) is 0 Å². The van der Waals surface area contributed by atoms with Gasteiger partial charge in [-0.1, -0.05) is 36.4 Å². The van der Waals surface area contributed by atoms with Gasteiger partial charge in [0.25, 0.3) is 5.56 Å². The zero-order valence-corrected chi connectivity index (χ0v) is 18.0.